The molecular formula is C24H25BF2. The van der Waals surface area contributed by atoms with E-state index in [1.165, 1.54) is 56.4 Å². The van der Waals surface area contributed by atoms with Crippen LogP contribution in [0, 0.1) is 53.2 Å². The molecule has 27 heavy (non-hydrogen) atoms. The first-order valence-electron chi connectivity index (χ1n) is 9.29. The van der Waals surface area contributed by atoms with E-state index in [9.17, 15) is 8.78 Å². The van der Waals surface area contributed by atoms with Crippen LogP contribution < -0.4 is 16.4 Å². The minimum absolute atomic E-state index is 0.138. The van der Waals surface area contributed by atoms with E-state index in [4.69, 9.17) is 0 Å². The Hall–Kier alpha value is -2.42. The monoisotopic (exact) mass is 362 g/mol. The smallest absolute Gasteiger partial charge is 0.204 e. The van der Waals surface area contributed by atoms with Crippen molar-refractivity contribution in [2.75, 3.05) is 0 Å². The van der Waals surface area contributed by atoms with Crippen molar-refractivity contribution in [2.45, 2.75) is 41.5 Å². The van der Waals surface area contributed by atoms with Crippen LogP contribution in [0.15, 0.2) is 42.5 Å². The molecule has 0 radical (unpaired) electrons. The van der Waals surface area contributed by atoms with E-state index in [2.05, 4.69) is 65.8 Å². The van der Waals surface area contributed by atoms with Crippen LogP contribution in [0.1, 0.15) is 33.4 Å². The van der Waals surface area contributed by atoms with Crippen LogP contribution in [-0.4, -0.2) is 6.71 Å². The van der Waals surface area contributed by atoms with Gasteiger partial charge in [0.1, 0.15) is 0 Å². The fourth-order valence-electron chi connectivity index (χ4n) is 4.46. The number of benzene rings is 3. The molecule has 0 aliphatic rings. The molecule has 0 aliphatic carbocycles. The van der Waals surface area contributed by atoms with Crippen molar-refractivity contribution in [3.63, 3.8) is 0 Å². The SMILES string of the molecule is Cc1cc(C)c(B(c2ccc(F)c(F)c2)c2c(C)cc(C)cc2C)c(C)c1. The molecule has 0 heterocycles. The van der Waals surface area contributed by atoms with Gasteiger partial charge in [0.05, 0.1) is 0 Å². The molecule has 0 aliphatic heterocycles. The zero-order chi connectivity index (χ0) is 19.9. The summed E-state index contributed by atoms with van der Waals surface area (Å²) >= 11 is 0. The Morgan fingerprint density at radius 2 is 0.963 bits per heavy atom. The molecule has 0 N–H and O–H groups in total. The lowest BCUT2D eigenvalue weighted by atomic mass is 9.34. The van der Waals surface area contributed by atoms with Gasteiger partial charge in [0.15, 0.2) is 11.6 Å². The molecule has 0 atom stereocenters. The maximum atomic E-state index is 14.1. The predicted molar refractivity (Wildman–Crippen MR) is 112 cm³/mol. The van der Waals surface area contributed by atoms with Gasteiger partial charge in [-0.25, -0.2) is 8.78 Å². The highest BCUT2D eigenvalue weighted by atomic mass is 19.2. The number of rotatable bonds is 3. The van der Waals surface area contributed by atoms with Gasteiger partial charge in [0.25, 0.3) is 0 Å². The number of aryl methyl sites for hydroxylation is 6. The second-order valence-electron chi connectivity index (χ2n) is 7.73. The summed E-state index contributed by atoms with van der Waals surface area (Å²) in [6, 6.07) is 12.9. The van der Waals surface area contributed by atoms with Gasteiger partial charge in [0, 0.05) is 0 Å². The van der Waals surface area contributed by atoms with Gasteiger partial charge in [-0.05, 0) is 53.7 Å². The van der Waals surface area contributed by atoms with Gasteiger partial charge in [-0.3, -0.25) is 0 Å². The number of hydrogen-bond acceptors (Lipinski definition) is 0. The minimum atomic E-state index is -0.813. The molecule has 0 nitrogen and oxygen atoms in total. The van der Waals surface area contributed by atoms with Crippen molar-refractivity contribution < 1.29 is 8.78 Å². The molecule has 3 heteroatoms. The zero-order valence-corrected chi connectivity index (χ0v) is 16.9. The second kappa shape index (κ2) is 7.30. The molecule has 0 spiro atoms. The first kappa shape index (κ1) is 19.3. The minimum Gasteiger partial charge on any atom is -0.204 e. The molecule has 3 aromatic rings. The zero-order valence-electron chi connectivity index (χ0n) is 16.9. The molecule has 0 fully saturated rings. The van der Waals surface area contributed by atoms with Crippen LogP contribution in [-0.2, 0) is 0 Å². The van der Waals surface area contributed by atoms with Crippen molar-refractivity contribution >= 4 is 23.1 Å². The third-order valence-electron chi connectivity index (χ3n) is 5.33. The summed E-state index contributed by atoms with van der Waals surface area (Å²) < 4.78 is 27.7. The van der Waals surface area contributed by atoms with E-state index in [0.29, 0.717) is 0 Å². The lowest BCUT2D eigenvalue weighted by molar-refractivity contribution is 0.509. The van der Waals surface area contributed by atoms with Crippen LogP contribution in [0.2, 0.25) is 0 Å². The Balaban J connectivity index is 2.37. The third kappa shape index (κ3) is 3.69. The van der Waals surface area contributed by atoms with E-state index in [1.807, 2.05) is 0 Å². The summed E-state index contributed by atoms with van der Waals surface area (Å²) in [5.41, 5.74) is 10.2. The Bertz CT molecular complexity index is 917. The molecule has 138 valence electrons. The molecule has 0 aromatic heterocycles. The fourth-order valence-corrected chi connectivity index (χ4v) is 4.46. The van der Waals surface area contributed by atoms with Crippen LogP contribution in [0.4, 0.5) is 8.78 Å². The van der Waals surface area contributed by atoms with Crippen molar-refractivity contribution in [1.82, 2.24) is 0 Å². The van der Waals surface area contributed by atoms with Gasteiger partial charge in [-0.2, -0.15) is 0 Å². The summed E-state index contributed by atoms with van der Waals surface area (Å²) in [4.78, 5) is 0. The quantitative estimate of drug-likeness (QED) is 0.609. The van der Waals surface area contributed by atoms with Crippen LogP contribution in [0.5, 0.6) is 0 Å². The Labute approximate surface area is 161 Å². The van der Waals surface area contributed by atoms with Gasteiger partial charge in [-0.15, -0.1) is 0 Å². The summed E-state index contributed by atoms with van der Waals surface area (Å²) in [5, 5.41) is 0. The fraction of sp³-hybridized carbons (Fsp3) is 0.250. The highest BCUT2D eigenvalue weighted by molar-refractivity contribution is 6.96. The Kier molecular flexibility index (Phi) is 5.23. The lowest BCUT2D eigenvalue weighted by Gasteiger charge is -2.24. The van der Waals surface area contributed by atoms with Crippen molar-refractivity contribution in [1.29, 1.82) is 0 Å². The lowest BCUT2D eigenvalue weighted by Crippen LogP contribution is -2.56. The largest absolute Gasteiger partial charge is 0.242 e. The van der Waals surface area contributed by atoms with Gasteiger partial charge in [-0.1, -0.05) is 80.1 Å². The maximum Gasteiger partial charge on any atom is 0.242 e. The van der Waals surface area contributed by atoms with E-state index in [-0.39, 0.29) is 6.71 Å². The van der Waals surface area contributed by atoms with E-state index < -0.39 is 11.6 Å². The summed E-state index contributed by atoms with van der Waals surface area (Å²) in [6.07, 6.45) is 0. The van der Waals surface area contributed by atoms with Crippen molar-refractivity contribution in [3.05, 3.63) is 87.5 Å². The maximum absolute atomic E-state index is 14.1. The average Bonchev–Trinajstić information content (AvgIpc) is 2.54. The van der Waals surface area contributed by atoms with Gasteiger partial charge >= 0.3 is 0 Å². The molecule has 3 rings (SSSR count). The predicted octanol–water partition coefficient (Wildman–Crippen LogP) is 4.33. The highest BCUT2D eigenvalue weighted by Gasteiger charge is 2.29. The average molecular weight is 362 g/mol. The molecular weight excluding hydrogens is 337 g/mol. The second-order valence-corrected chi connectivity index (χ2v) is 7.73. The van der Waals surface area contributed by atoms with Gasteiger partial charge < -0.3 is 0 Å². The molecule has 3 aromatic carbocycles. The molecule has 0 saturated carbocycles. The summed E-state index contributed by atoms with van der Waals surface area (Å²) in [6.45, 7) is 12.4. The highest BCUT2D eigenvalue weighted by Crippen LogP contribution is 2.13. The Morgan fingerprint density at radius 1 is 0.556 bits per heavy atom. The van der Waals surface area contributed by atoms with Crippen LogP contribution in [0.25, 0.3) is 0 Å². The first-order valence-corrected chi connectivity index (χ1v) is 9.29. The topological polar surface area (TPSA) is 0 Å². The number of halogens is 2. The third-order valence-corrected chi connectivity index (χ3v) is 5.33. The van der Waals surface area contributed by atoms with Crippen molar-refractivity contribution in [3.8, 4) is 0 Å². The van der Waals surface area contributed by atoms with Crippen LogP contribution >= 0.6 is 0 Å². The molecule has 0 unspecified atom stereocenters. The van der Waals surface area contributed by atoms with Crippen molar-refractivity contribution in [2.24, 2.45) is 0 Å². The molecule has 0 bridgehead atoms. The van der Waals surface area contributed by atoms with E-state index in [0.717, 1.165) is 5.46 Å². The van der Waals surface area contributed by atoms with E-state index in [1.54, 1.807) is 6.07 Å². The van der Waals surface area contributed by atoms with Crippen LogP contribution in [0.3, 0.4) is 0 Å². The normalized spacial score (nSPS) is 11.0. The van der Waals surface area contributed by atoms with E-state index >= 15 is 0 Å². The summed E-state index contributed by atoms with van der Waals surface area (Å²) in [7, 11) is 0. The standard InChI is InChI=1S/C24H25BF2/c1-14-9-16(3)23(17(4)10-14)25(20-7-8-21(26)22(27)13-20)24-18(5)11-15(2)12-19(24)6/h7-13H,1-6H3. The van der Waals surface area contributed by atoms with Gasteiger partial charge in [0.2, 0.25) is 6.71 Å². The Morgan fingerprint density at radius 3 is 1.33 bits per heavy atom. The molecule has 0 amide bonds. The number of hydrogen-bond donors (Lipinski definition) is 0. The molecule has 0 saturated heterocycles. The first-order chi connectivity index (χ1) is 12.7. The summed E-state index contributed by atoms with van der Waals surface area (Å²) in [5.74, 6) is -1.62.